The van der Waals surface area contributed by atoms with Gasteiger partial charge in [0.1, 0.15) is 23.2 Å². The molecule has 0 fully saturated rings. The molecular weight excluding hydrogens is 543 g/mol. The second-order valence-electron chi connectivity index (χ2n) is 9.14. The predicted octanol–water partition coefficient (Wildman–Crippen LogP) is 3.22. The van der Waals surface area contributed by atoms with Gasteiger partial charge in [0.25, 0.3) is 0 Å². The van der Waals surface area contributed by atoms with Gasteiger partial charge in [-0.15, -0.1) is 0 Å². The number of rotatable bonds is 13. The molecule has 0 spiro atoms. The Hall–Kier alpha value is -2.65. The molecule has 5 heteroatoms. The van der Waals surface area contributed by atoms with Gasteiger partial charge >= 0.3 is 0 Å². The Balaban J connectivity index is 0.00000380. The van der Waals surface area contributed by atoms with Gasteiger partial charge in [0.15, 0.2) is 11.5 Å². The van der Waals surface area contributed by atoms with Crippen LogP contribution in [0.3, 0.4) is 0 Å². The third-order valence-electron chi connectivity index (χ3n) is 6.70. The Bertz CT molecular complexity index is 1090. The molecule has 0 saturated carbocycles. The SMILES string of the molecule is Oc1ccc(CCOCCCCCC[P+](c2ccccc2)(c2ccccc2)c2ccccc2)cc1O.[Br-]. The number of benzene rings is 4. The van der Waals surface area contributed by atoms with Crippen molar-refractivity contribution in [3.05, 3.63) is 115 Å². The summed E-state index contributed by atoms with van der Waals surface area (Å²) in [5.74, 6) is -0.161. The fourth-order valence-corrected chi connectivity index (χ4v) is 9.22. The van der Waals surface area contributed by atoms with Gasteiger partial charge in [-0.05, 0) is 79.8 Å². The molecule has 0 amide bonds. The molecule has 37 heavy (non-hydrogen) atoms. The molecule has 0 aliphatic heterocycles. The van der Waals surface area contributed by atoms with Gasteiger partial charge in [-0.1, -0.05) is 67.1 Å². The van der Waals surface area contributed by atoms with E-state index in [1.165, 1.54) is 34.8 Å². The average molecular weight is 580 g/mol. The summed E-state index contributed by atoms with van der Waals surface area (Å²) in [6.07, 6.45) is 6.46. The number of hydrogen-bond acceptors (Lipinski definition) is 3. The third kappa shape index (κ3) is 7.68. The Labute approximate surface area is 232 Å². The summed E-state index contributed by atoms with van der Waals surface area (Å²) in [5, 5.41) is 23.4. The third-order valence-corrected chi connectivity index (χ3v) is 11.2. The van der Waals surface area contributed by atoms with Gasteiger partial charge in [-0.2, -0.15) is 0 Å². The molecule has 0 saturated heterocycles. The number of aromatic hydroxyl groups is 2. The lowest BCUT2D eigenvalue weighted by molar-refractivity contribution is -0.00000972. The van der Waals surface area contributed by atoms with Crippen LogP contribution in [0.25, 0.3) is 0 Å². The maximum Gasteiger partial charge on any atom is 0.157 e. The smallest absolute Gasteiger partial charge is 0.157 e. The fourth-order valence-electron chi connectivity index (χ4n) is 4.81. The number of ether oxygens (including phenoxy) is 1. The first-order chi connectivity index (χ1) is 17.7. The van der Waals surface area contributed by atoms with Gasteiger partial charge in [-0.25, -0.2) is 0 Å². The number of unbranched alkanes of at least 4 members (excludes halogenated alkanes) is 3. The second kappa shape index (κ2) is 14.9. The highest BCUT2D eigenvalue weighted by atomic mass is 79.9. The second-order valence-corrected chi connectivity index (χ2v) is 12.8. The summed E-state index contributed by atoms with van der Waals surface area (Å²) in [6, 6.07) is 38.2. The summed E-state index contributed by atoms with van der Waals surface area (Å²) in [4.78, 5) is 0. The van der Waals surface area contributed by atoms with Crippen molar-refractivity contribution in [1.82, 2.24) is 0 Å². The van der Waals surface area contributed by atoms with Crippen LogP contribution in [0.4, 0.5) is 0 Å². The quantitative estimate of drug-likeness (QED) is 0.145. The van der Waals surface area contributed by atoms with Crippen molar-refractivity contribution in [3.63, 3.8) is 0 Å². The molecular formula is C32H36BrO3P. The zero-order valence-corrected chi connectivity index (χ0v) is 23.7. The topological polar surface area (TPSA) is 49.7 Å². The van der Waals surface area contributed by atoms with E-state index in [9.17, 15) is 10.2 Å². The van der Waals surface area contributed by atoms with Crippen molar-refractivity contribution < 1.29 is 31.9 Å². The maximum absolute atomic E-state index is 9.61. The van der Waals surface area contributed by atoms with Crippen molar-refractivity contribution >= 4 is 23.2 Å². The molecule has 0 radical (unpaired) electrons. The predicted molar refractivity (Wildman–Crippen MR) is 153 cm³/mol. The van der Waals surface area contributed by atoms with Crippen LogP contribution in [0.15, 0.2) is 109 Å². The minimum absolute atomic E-state index is 0. The maximum atomic E-state index is 9.61. The molecule has 2 N–H and O–H groups in total. The molecule has 3 nitrogen and oxygen atoms in total. The van der Waals surface area contributed by atoms with E-state index in [0.29, 0.717) is 6.61 Å². The summed E-state index contributed by atoms with van der Waals surface area (Å²) in [5.41, 5.74) is 0.966. The normalized spacial score (nSPS) is 11.1. The Morgan fingerprint density at radius 1 is 0.541 bits per heavy atom. The molecule has 0 heterocycles. The molecule has 0 aromatic heterocycles. The molecule has 0 aliphatic rings. The monoisotopic (exact) mass is 578 g/mol. The fraction of sp³-hybridized carbons (Fsp3) is 0.250. The van der Waals surface area contributed by atoms with Crippen molar-refractivity contribution in [2.24, 2.45) is 0 Å². The van der Waals surface area contributed by atoms with E-state index in [1.54, 1.807) is 6.07 Å². The van der Waals surface area contributed by atoms with Crippen LogP contribution >= 0.6 is 7.26 Å². The Kier molecular flexibility index (Phi) is 11.7. The van der Waals surface area contributed by atoms with Crippen LogP contribution in [0, 0.1) is 0 Å². The number of phenols is 2. The largest absolute Gasteiger partial charge is 1.00 e. The summed E-state index contributed by atoms with van der Waals surface area (Å²) < 4.78 is 5.83. The Morgan fingerprint density at radius 3 is 1.57 bits per heavy atom. The zero-order valence-electron chi connectivity index (χ0n) is 21.2. The van der Waals surface area contributed by atoms with E-state index in [2.05, 4.69) is 91.0 Å². The lowest BCUT2D eigenvalue weighted by Gasteiger charge is -2.27. The molecule has 194 valence electrons. The summed E-state index contributed by atoms with van der Waals surface area (Å²) in [7, 11) is -1.73. The van der Waals surface area contributed by atoms with Crippen LogP contribution < -0.4 is 32.9 Å². The number of phenolic OH excluding ortho intramolecular Hbond substituents is 2. The first kappa shape index (κ1) is 28.9. The van der Waals surface area contributed by atoms with Crippen LogP contribution in [0.2, 0.25) is 0 Å². The van der Waals surface area contributed by atoms with Gasteiger partial charge in [0.2, 0.25) is 0 Å². The molecule has 4 aromatic carbocycles. The van der Waals surface area contributed by atoms with Gasteiger partial charge < -0.3 is 31.9 Å². The molecule has 4 aromatic rings. The van der Waals surface area contributed by atoms with E-state index >= 15 is 0 Å². The van der Waals surface area contributed by atoms with Gasteiger partial charge in [0.05, 0.1) is 12.8 Å². The summed E-state index contributed by atoms with van der Waals surface area (Å²) >= 11 is 0. The molecule has 0 bridgehead atoms. The van der Waals surface area contributed by atoms with E-state index < -0.39 is 7.26 Å². The molecule has 0 aliphatic carbocycles. The van der Waals surface area contributed by atoms with Gasteiger partial charge in [0, 0.05) is 6.61 Å². The summed E-state index contributed by atoms with van der Waals surface area (Å²) in [6.45, 7) is 1.37. The van der Waals surface area contributed by atoms with Crippen molar-refractivity contribution in [1.29, 1.82) is 0 Å². The first-order valence-corrected chi connectivity index (χ1v) is 14.8. The minimum Gasteiger partial charge on any atom is -1.00 e. The van der Waals surface area contributed by atoms with E-state index in [1.807, 2.05) is 6.07 Å². The van der Waals surface area contributed by atoms with Crippen LogP contribution in [-0.4, -0.2) is 29.6 Å². The van der Waals surface area contributed by atoms with Crippen LogP contribution in [0.1, 0.15) is 31.2 Å². The number of hydrogen-bond donors (Lipinski definition) is 2. The van der Waals surface area contributed by atoms with Crippen LogP contribution in [0.5, 0.6) is 11.5 Å². The van der Waals surface area contributed by atoms with Gasteiger partial charge in [-0.3, -0.25) is 0 Å². The van der Waals surface area contributed by atoms with Crippen molar-refractivity contribution in [3.8, 4) is 11.5 Å². The lowest BCUT2D eigenvalue weighted by atomic mass is 10.1. The average Bonchev–Trinajstić information content (AvgIpc) is 2.93. The molecule has 0 atom stereocenters. The van der Waals surface area contributed by atoms with E-state index in [0.717, 1.165) is 37.6 Å². The first-order valence-electron chi connectivity index (χ1n) is 12.8. The highest BCUT2D eigenvalue weighted by molar-refractivity contribution is 7.95. The van der Waals surface area contributed by atoms with Crippen LogP contribution in [-0.2, 0) is 11.2 Å². The highest BCUT2D eigenvalue weighted by Gasteiger charge is 2.44. The van der Waals surface area contributed by atoms with Crippen molar-refractivity contribution in [2.75, 3.05) is 19.4 Å². The van der Waals surface area contributed by atoms with Crippen molar-refractivity contribution in [2.45, 2.75) is 32.1 Å². The van der Waals surface area contributed by atoms with E-state index in [4.69, 9.17) is 4.74 Å². The standard InChI is InChI=1S/C32H35O3P.BrH/c33-31-21-20-27(26-32(31)34)22-24-35-23-12-1-2-13-25-36(28-14-6-3-7-15-28,29-16-8-4-9-17-29)30-18-10-5-11-19-30;/h3-11,14-21,26H,1-2,12-13,22-25H2,(H-,33,34);1H. The molecule has 0 unspecified atom stereocenters. The minimum atomic E-state index is -1.73. The highest BCUT2D eigenvalue weighted by Crippen LogP contribution is 2.55. The number of halogens is 1. The zero-order chi connectivity index (χ0) is 25.1. The lowest BCUT2D eigenvalue weighted by Crippen LogP contribution is -3.00. The van der Waals surface area contributed by atoms with E-state index in [-0.39, 0.29) is 28.5 Å². The molecule has 4 rings (SSSR count). The Morgan fingerprint density at radius 2 is 1.05 bits per heavy atom.